The zero-order valence-corrected chi connectivity index (χ0v) is 17.7. The summed E-state index contributed by atoms with van der Waals surface area (Å²) in [5.74, 6) is 0. The van der Waals surface area contributed by atoms with Crippen LogP contribution >= 0.6 is 0 Å². The lowest BCUT2D eigenvalue weighted by atomic mass is 9.97. The molecule has 5 nitrogen and oxygen atoms in total. The molecule has 4 rings (SSSR count). The van der Waals surface area contributed by atoms with E-state index in [1.54, 1.807) is 0 Å². The first-order valence-corrected chi connectivity index (χ1v) is 10.5. The summed E-state index contributed by atoms with van der Waals surface area (Å²) in [6.07, 6.45) is -4.12. The van der Waals surface area contributed by atoms with Crippen LogP contribution in [0.2, 0.25) is 0 Å². The summed E-state index contributed by atoms with van der Waals surface area (Å²) in [5.41, 5.74) is -0.787. The second-order valence-corrected chi connectivity index (χ2v) is 7.74. The highest BCUT2D eigenvalue weighted by molar-refractivity contribution is 6.02. The van der Waals surface area contributed by atoms with Gasteiger partial charge in [0.05, 0.1) is 4.92 Å². The number of rotatable bonds is 8. The van der Waals surface area contributed by atoms with Gasteiger partial charge in [-0.1, -0.05) is 48.5 Å². The van der Waals surface area contributed by atoms with E-state index in [-0.39, 0.29) is 5.69 Å². The molecule has 8 heteroatoms. The summed E-state index contributed by atoms with van der Waals surface area (Å²) in [5, 5.41) is 21.9. The number of anilines is 1. The minimum absolute atomic E-state index is 0.202. The second-order valence-electron chi connectivity index (χ2n) is 7.74. The third-order valence-corrected chi connectivity index (χ3v) is 5.54. The Morgan fingerprint density at radius 1 is 0.848 bits per heavy atom. The van der Waals surface area contributed by atoms with Gasteiger partial charge in [-0.25, -0.2) is 0 Å². The average molecular weight is 453 g/mol. The third kappa shape index (κ3) is 5.06. The Kier molecular flexibility index (Phi) is 6.46. The molecule has 4 aromatic rings. The van der Waals surface area contributed by atoms with Gasteiger partial charge in [-0.3, -0.25) is 10.1 Å². The largest absolute Gasteiger partial charge is 0.423 e. The minimum Gasteiger partial charge on any atom is -0.385 e. The highest BCUT2D eigenvalue weighted by Crippen LogP contribution is 2.37. The number of alkyl halides is 3. The fourth-order valence-electron chi connectivity index (χ4n) is 3.99. The minimum atomic E-state index is -4.79. The molecule has 0 aliphatic rings. The first-order chi connectivity index (χ1) is 15.8. The Morgan fingerprint density at radius 2 is 1.48 bits per heavy atom. The molecule has 0 bridgehead atoms. The Hall–Kier alpha value is -3.65. The molecule has 0 amide bonds. The molecule has 33 heavy (non-hydrogen) atoms. The molecular weight excluding hydrogens is 431 g/mol. The normalized spacial score (nSPS) is 11.7. The molecule has 170 valence electrons. The van der Waals surface area contributed by atoms with E-state index in [4.69, 9.17) is 0 Å². The van der Waals surface area contributed by atoms with Crippen molar-refractivity contribution in [3.8, 4) is 0 Å². The first-order valence-electron chi connectivity index (χ1n) is 10.5. The number of hydrogen-bond acceptors (Lipinski definition) is 4. The molecule has 0 atom stereocenters. The average Bonchev–Trinajstić information content (AvgIpc) is 2.79. The van der Waals surface area contributed by atoms with Gasteiger partial charge in [0, 0.05) is 24.8 Å². The molecule has 0 aliphatic carbocycles. The Labute approximate surface area is 188 Å². The van der Waals surface area contributed by atoms with Gasteiger partial charge in [-0.2, -0.15) is 13.2 Å². The van der Waals surface area contributed by atoms with Crippen LogP contribution in [0.5, 0.6) is 0 Å². The van der Waals surface area contributed by atoms with Crippen LogP contribution in [-0.4, -0.2) is 18.0 Å². The van der Waals surface area contributed by atoms with Crippen molar-refractivity contribution in [3.63, 3.8) is 0 Å². The topological polar surface area (TPSA) is 67.2 Å². The van der Waals surface area contributed by atoms with Crippen molar-refractivity contribution >= 4 is 32.9 Å². The maximum Gasteiger partial charge on any atom is 0.423 e. The molecule has 0 spiro atoms. The lowest BCUT2D eigenvalue weighted by molar-refractivity contribution is -0.388. The van der Waals surface area contributed by atoms with Gasteiger partial charge in [0.25, 0.3) is 5.69 Å². The standard InChI is InChI=1S/C25H22F3N3O2/c26-25(27,28)23-15-19(10-11-24(23)31(32)33)30-13-5-12-29-16-22-20-8-3-1-6-17(20)14-18-7-2-4-9-21(18)22/h1-4,6-11,14-15,29-30H,5,12-13,16H2. The van der Waals surface area contributed by atoms with E-state index in [0.29, 0.717) is 26.1 Å². The second kappa shape index (κ2) is 9.46. The number of fused-ring (bicyclic) bond motifs is 2. The Morgan fingerprint density at radius 3 is 2.09 bits per heavy atom. The zero-order valence-electron chi connectivity index (χ0n) is 17.7. The summed E-state index contributed by atoms with van der Waals surface area (Å²) < 4.78 is 39.4. The molecule has 2 N–H and O–H groups in total. The zero-order chi connectivity index (χ0) is 23.4. The number of nitrogens with zero attached hydrogens (tertiary/aromatic N) is 1. The maximum atomic E-state index is 13.1. The molecule has 0 saturated carbocycles. The smallest absolute Gasteiger partial charge is 0.385 e. The van der Waals surface area contributed by atoms with E-state index in [9.17, 15) is 23.3 Å². The molecule has 0 unspecified atom stereocenters. The fourth-order valence-corrected chi connectivity index (χ4v) is 3.99. The van der Waals surface area contributed by atoms with E-state index >= 15 is 0 Å². The number of nitrogens with one attached hydrogen (secondary N) is 2. The van der Waals surface area contributed by atoms with Gasteiger partial charge in [0.2, 0.25) is 0 Å². The predicted molar refractivity (Wildman–Crippen MR) is 124 cm³/mol. The van der Waals surface area contributed by atoms with Gasteiger partial charge in [-0.15, -0.1) is 0 Å². The van der Waals surface area contributed by atoms with Crippen LogP contribution in [-0.2, 0) is 12.7 Å². The van der Waals surface area contributed by atoms with Crippen molar-refractivity contribution in [3.05, 3.63) is 94.0 Å². The van der Waals surface area contributed by atoms with Crippen molar-refractivity contribution in [2.45, 2.75) is 19.1 Å². The van der Waals surface area contributed by atoms with Crippen molar-refractivity contribution in [2.24, 2.45) is 0 Å². The number of benzene rings is 4. The molecular formula is C25H22F3N3O2. The monoisotopic (exact) mass is 453 g/mol. The number of nitro groups is 1. The van der Waals surface area contributed by atoms with E-state index in [1.807, 2.05) is 24.3 Å². The van der Waals surface area contributed by atoms with Gasteiger partial charge in [0.1, 0.15) is 5.56 Å². The van der Waals surface area contributed by atoms with Crippen molar-refractivity contribution < 1.29 is 18.1 Å². The molecule has 0 fully saturated rings. The van der Waals surface area contributed by atoms with Crippen molar-refractivity contribution in [1.82, 2.24) is 5.32 Å². The van der Waals surface area contributed by atoms with Gasteiger partial charge < -0.3 is 10.6 Å². The van der Waals surface area contributed by atoms with Crippen molar-refractivity contribution in [1.29, 1.82) is 0 Å². The summed E-state index contributed by atoms with van der Waals surface area (Å²) >= 11 is 0. The third-order valence-electron chi connectivity index (χ3n) is 5.54. The summed E-state index contributed by atoms with van der Waals surface area (Å²) in [7, 11) is 0. The Balaban J connectivity index is 1.37. The van der Waals surface area contributed by atoms with Crippen LogP contribution in [0.15, 0.2) is 72.8 Å². The molecule has 0 heterocycles. The summed E-state index contributed by atoms with van der Waals surface area (Å²) in [6, 6.07) is 21.6. The van der Waals surface area contributed by atoms with Crippen LogP contribution < -0.4 is 10.6 Å². The Bertz CT molecular complexity index is 1250. The summed E-state index contributed by atoms with van der Waals surface area (Å²) in [4.78, 5) is 9.85. The van der Waals surface area contributed by atoms with Gasteiger partial charge in [-0.05, 0) is 58.3 Å². The summed E-state index contributed by atoms with van der Waals surface area (Å²) in [6.45, 7) is 1.75. The number of halogens is 3. The lowest BCUT2D eigenvalue weighted by Gasteiger charge is -2.13. The van der Waals surface area contributed by atoms with Crippen LogP contribution in [0.1, 0.15) is 17.5 Å². The van der Waals surface area contributed by atoms with Gasteiger partial charge in [0.15, 0.2) is 0 Å². The molecule has 0 aliphatic heterocycles. The number of hydrogen-bond donors (Lipinski definition) is 2. The first kappa shape index (κ1) is 22.5. The lowest BCUT2D eigenvalue weighted by Crippen LogP contribution is -2.18. The van der Waals surface area contributed by atoms with E-state index in [2.05, 4.69) is 41.0 Å². The SMILES string of the molecule is O=[N+]([O-])c1ccc(NCCCNCc2c3ccccc3cc3ccccc23)cc1C(F)(F)F. The molecule has 0 saturated heterocycles. The molecule has 0 radical (unpaired) electrons. The van der Waals surface area contributed by atoms with Gasteiger partial charge >= 0.3 is 6.18 Å². The quantitative estimate of drug-likeness (QED) is 0.138. The van der Waals surface area contributed by atoms with E-state index in [1.165, 1.54) is 33.2 Å². The van der Waals surface area contributed by atoms with E-state index in [0.717, 1.165) is 12.1 Å². The van der Waals surface area contributed by atoms with Crippen LogP contribution in [0, 0.1) is 10.1 Å². The van der Waals surface area contributed by atoms with E-state index < -0.39 is 22.4 Å². The molecule has 4 aromatic carbocycles. The molecule has 0 aromatic heterocycles. The van der Waals surface area contributed by atoms with Crippen LogP contribution in [0.3, 0.4) is 0 Å². The van der Waals surface area contributed by atoms with Crippen molar-refractivity contribution in [2.75, 3.05) is 18.4 Å². The highest BCUT2D eigenvalue weighted by atomic mass is 19.4. The predicted octanol–water partition coefficient (Wildman–Crippen LogP) is 6.51. The van der Waals surface area contributed by atoms with Crippen LogP contribution in [0.4, 0.5) is 24.5 Å². The maximum absolute atomic E-state index is 13.1. The van der Waals surface area contributed by atoms with Crippen LogP contribution in [0.25, 0.3) is 21.5 Å². The number of nitro benzene ring substituents is 1. The highest BCUT2D eigenvalue weighted by Gasteiger charge is 2.38. The fraction of sp³-hybridized carbons (Fsp3) is 0.200.